The Morgan fingerprint density at radius 2 is 2.03 bits per heavy atom. The average molecular weight is 519 g/mol. The van der Waals surface area contributed by atoms with Crippen molar-refractivity contribution in [3.63, 3.8) is 0 Å². The van der Waals surface area contributed by atoms with Crippen LogP contribution in [-0.2, 0) is 9.53 Å². The number of ether oxygens (including phenoxy) is 3. The van der Waals surface area contributed by atoms with Gasteiger partial charge in [0.25, 0.3) is 0 Å². The van der Waals surface area contributed by atoms with Crippen LogP contribution in [0.2, 0.25) is 0 Å². The molecule has 0 radical (unpaired) electrons. The van der Waals surface area contributed by atoms with Crippen LogP contribution in [0.1, 0.15) is 71.4 Å². The van der Waals surface area contributed by atoms with Gasteiger partial charge in [-0.3, -0.25) is 0 Å². The lowest BCUT2D eigenvalue weighted by Gasteiger charge is -2.30. The summed E-state index contributed by atoms with van der Waals surface area (Å²) in [6.07, 6.45) is 6.61. The Kier molecular flexibility index (Phi) is 7.26. The van der Waals surface area contributed by atoms with Gasteiger partial charge in [-0.05, 0) is 87.0 Å². The normalized spacial score (nSPS) is 18.7. The second kappa shape index (κ2) is 10.2. The fraction of sp³-hybridized carbons (Fsp3) is 0.542. The van der Waals surface area contributed by atoms with Crippen LogP contribution in [-0.4, -0.2) is 39.5 Å². The van der Waals surface area contributed by atoms with E-state index in [1.165, 1.54) is 12.7 Å². The van der Waals surface area contributed by atoms with Gasteiger partial charge < -0.3 is 19.5 Å². The third-order valence-electron chi connectivity index (χ3n) is 5.84. The summed E-state index contributed by atoms with van der Waals surface area (Å²) in [5, 5.41) is 7.62. The summed E-state index contributed by atoms with van der Waals surface area (Å²) in [4.78, 5) is 17.8. The van der Waals surface area contributed by atoms with Crippen LogP contribution in [0.3, 0.4) is 0 Å². The molecule has 1 atom stereocenters. The van der Waals surface area contributed by atoms with E-state index in [2.05, 4.69) is 31.3 Å². The first-order valence-corrected chi connectivity index (χ1v) is 12.4. The Morgan fingerprint density at radius 1 is 1.27 bits per heavy atom. The minimum Gasteiger partial charge on any atom is -0.490 e. The number of nitrogens with zero attached hydrogens (tertiary/aromatic N) is 3. The number of aromatic nitrogens is 3. The highest BCUT2D eigenvalue weighted by Crippen LogP contribution is 2.43. The molecular formula is C24H31BrN4O4. The summed E-state index contributed by atoms with van der Waals surface area (Å²) in [7, 11) is 0. The third-order valence-corrected chi connectivity index (χ3v) is 6.43. The summed E-state index contributed by atoms with van der Waals surface area (Å²) in [5.74, 6) is 1.49. The first-order valence-electron chi connectivity index (χ1n) is 11.6. The van der Waals surface area contributed by atoms with E-state index in [1.54, 1.807) is 4.68 Å². The Balaban J connectivity index is 1.76. The molecule has 178 valence electrons. The molecule has 33 heavy (non-hydrogen) atoms. The summed E-state index contributed by atoms with van der Waals surface area (Å²) < 4.78 is 20.3. The van der Waals surface area contributed by atoms with Gasteiger partial charge in [-0.2, -0.15) is 10.1 Å². The predicted molar refractivity (Wildman–Crippen MR) is 129 cm³/mol. The van der Waals surface area contributed by atoms with Gasteiger partial charge in [-0.15, -0.1) is 0 Å². The van der Waals surface area contributed by atoms with Crippen LogP contribution in [0.5, 0.6) is 11.5 Å². The second-order valence-corrected chi connectivity index (χ2v) is 9.54. The van der Waals surface area contributed by atoms with Crippen molar-refractivity contribution in [2.45, 2.75) is 78.0 Å². The first-order chi connectivity index (χ1) is 15.9. The van der Waals surface area contributed by atoms with E-state index in [-0.39, 0.29) is 18.2 Å². The minimum absolute atomic E-state index is 0.0182. The van der Waals surface area contributed by atoms with Crippen molar-refractivity contribution in [2.75, 3.05) is 11.9 Å². The molecule has 9 heteroatoms. The smallest absolute Gasteiger partial charge is 0.338 e. The molecule has 0 saturated heterocycles. The van der Waals surface area contributed by atoms with Crippen molar-refractivity contribution in [2.24, 2.45) is 0 Å². The molecule has 0 amide bonds. The fourth-order valence-electron chi connectivity index (χ4n) is 4.42. The van der Waals surface area contributed by atoms with E-state index in [0.29, 0.717) is 35.3 Å². The van der Waals surface area contributed by atoms with Gasteiger partial charge in [-0.25, -0.2) is 9.48 Å². The minimum atomic E-state index is -0.511. The molecule has 1 aromatic heterocycles. The second-order valence-electron chi connectivity index (χ2n) is 8.69. The van der Waals surface area contributed by atoms with E-state index >= 15 is 0 Å². The number of nitrogens with one attached hydrogen (secondary N) is 1. The number of allylic oxidation sites excluding steroid dienone is 1. The van der Waals surface area contributed by atoms with Crippen LogP contribution in [0.4, 0.5) is 5.95 Å². The third kappa shape index (κ3) is 5.03. The highest BCUT2D eigenvalue weighted by atomic mass is 79.9. The topological polar surface area (TPSA) is 87.5 Å². The zero-order valence-corrected chi connectivity index (χ0v) is 21.1. The van der Waals surface area contributed by atoms with Crippen LogP contribution in [0, 0.1) is 0 Å². The highest BCUT2D eigenvalue weighted by molar-refractivity contribution is 9.10. The number of anilines is 1. The largest absolute Gasteiger partial charge is 0.490 e. The SMILES string of the molecule is CCOc1cc(C2C(C(=O)OC3CCCCC3)=C(C)Nc3ncnn32)cc(Br)c1OC(C)C. The molecule has 0 spiro atoms. The van der Waals surface area contributed by atoms with Gasteiger partial charge in [0.1, 0.15) is 18.5 Å². The number of hydrogen-bond donors (Lipinski definition) is 1. The van der Waals surface area contributed by atoms with Crippen LogP contribution in [0.25, 0.3) is 0 Å². The summed E-state index contributed by atoms with van der Waals surface area (Å²) in [6, 6.07) is 3.35. The van der Waals surface area contributed by atoms with Gasteiger partial charge in [0, 0.05) is 5.70 Å². The molecule has 0 bridgehead atoms. The lowest BCUT2D eigenvalue weighted by Crippen LogP contribution is -2.32. The van der Waals surface area contributed by atoms with Gasteiger partial charge in [0.05, 0.1) is 22.8 Å². The van der Waals surface area contributed by atoms with Crippen LogP contribution >= 0.6 is 15.9 Å². The number of benzene rings is 1. The van der Waals surface area contributed by atoms with Crippen molar-refractivity contribution >= 4 is 27.8 Å². The Labute approximate surface area is 202 Å². The molecule has 1 N–H and O–H groups in total. The van der Waals surface area contributed by atoms with Crippen molar-refractivity contribution < 1.29 is 19.0 Å². The number of hydrogen-bond acceptors (Lipinski definition) is 7. The van der Waals surface area contributed by atoms with E-state index in [1.807, 2.05) is 39.8 Å². The zero-order chi connectivity index (χ0) is 23.5. The lowest BCUT2D eigenvalue weighted by molar-refractivity contribution is -0.146. The standard InChI is InChI=1S/C24H31BrN4O4/c1-5-31-19-12-16(11-18(25)22(19)32-14(2)3)21-20(15(4)28-24-26-13-27-29(21)24)23(30)33-17-9-7-6-8-10-17/h11-14,17,21H,5-10H2,1-4H3,(H,26,27,28). The summed E-state index contributed by atoms with van der Waals surface area (Å²) in [6.45, 7) is 8.22. The highest BCUT2D eigenvalue weighted by Gasteiger charge is 2.36. The summed E-state index contributed by atoms with van der Waals surface area (Å²) >= 11 is 3.65. The number of carbonyl (C=O) groups excluding carboxylic acids is 1. The first kappa shape index (κ1) is 23.6. The Morgan fingerprint density at radius 3 is 2.73 bits per heavy atom. The maximum absolute atomic E-state index is 13.5. The Hall–Kier alpha value is -2.55. The van der Waals surface area contributed by atoms with Crippen LogP contribution < -0.4 is 14.8 Å². The molecular weight excluding hydrogens is 488 g/mol. The number of halogens is 1. The van der Waals surface area contributed by atoms with Gasteiger partial charge >= 0.3 is 5.97 Å². The molecule has 1 unspecified atom stereocenters. The summed E-state index contributed by atoms with van der Waals surface area (Å²) in [5.41, 5.74) is 2.05. The zero-order valence-electron chi connectivity index (χ0n) is 19.6. The number of carbonyl (C=O) groups is 1. The van der Waals surface area contributed by atoms with Crippen molar-refractivity contribution in [1.82, 2.24) is 14.8 Å². The van der Waals surface area contributed by atoms with Crippen molar-refractivity contribution in [1.29, 1.82) is 0 Å². The molecule has 8 nitrogen and oxygen atoms in total. The van der Waals surface area contributed by atoms with Crippen LogP contribution in [0.15, 0.2) is 34.2 Å². The van der Waals surface area contributed by atoms with Crippen molar-refractivity contribution in [3.05, 3.63) is 39.8 Å². The predicted octanol–water partition coefficient (Wildman–Crippen LogP) is 5.39. The Bertz CT molecular complexity index is 1040. The van der Waals surface area contributed by atoms with Gasteiger partial charge in [-0.1, -0.05) is 6.42 Å². The fourth-order valence-corrected chi connectivity index (χ4v) is 4.97. The molecule has 1 fully saturated rings. The van der Waals surface area contributed by atoms with E-state index in [0.717, 1.165) is 35.7 Å². The van der Waals surface area contributed by atoms with E-state index in [4.69, 9.17) is 14.2 Å². The van der Waals surface area contributed by atoms with E-state index < -0.39 is 6.04 Å². The molecule has 2 aliphatic rings. The molecule has 2 aromatic rings. The maximum Gasteiger partial charge on any atom is 0.338 e. The number of rotatable bonds is 7. The molecule has 2 heterocycles. The van der Waals surface area contributed by atoms with Gasteiger partial charge in [0.15, 0.2) is 11.5 Å². The quantitative estimate of drug-likeness (QED) is 0.491. The average Bonchev–Trinajstić information content (AvgIpc) is 3.23. The maximum atomic E-state index is 13.5. The van der Waals surface area contributed by atoms with E-state index in [9.17, 15) is 4.79 Å². The molecule has 1 aliphatic heterocycles. The number of fused-ring (bicyclic) bond motifs is 1. The molecule has 4 rings (SSSR count). The van der Waals surface area contributed by atoms with Crippen molar-refractivity contribution in [3.8, 4) is 11.5 Å². The number of esters is 1. The molecule has 1 aromatic carbocycles. The van der Waals surface area contributed by atoms with Gasteiger partial charge in [0.2, 0.25) is 5.95 Å². The monoisotopic (exact) mass is 518 g/mol. The molecule has 1 saturated carbocycles. The molecule has 1 aliphatic carbocycles. The lowest BCUT2D eigenvalue weighted by atomic mass is 9.94.